The van der Waals surface area contributed by atoms with Crippen molar-refractivity contribution in [3.05, 3.63) is 80.8 Å². The number of anilines is 1. The summed E-state index contributed by atoms with van der Waals surface area (Å²) in [7, 11) is 1.50. The number of ether oxygens (including phenoxy) is 1. The molecule has 1 aromatic heterocycles. The molecule has 3 aromatic carbocycles. The summed E-state index contributed by atoms with van der Waals surface area (Å²) in [6, 6.07) is 14.8. The van der Waals surface area contributed by atoms with Crippen LogP contribution in [0.25, 0.3) is 22.8 Å². The van der Waals surface area contributed by atoms with E-state index in [1.54, 1.807) is 35.1 Å². The van der Waals surface area contributed by atoms with Gasteiger partial charge in [-0.2, -0.15) is 4.80 Å². The van der Waals surface area contributed by atoms with Gasteiger partial charge in [0.15, 0.2) is 0 Å². The minimum atomic E-state index is -0.389. The number of benzene rings is 3. The Morgan fingerprint density at radius 1 is 1.03 bits per heavy atom. The van der Waals surface area contributed by atoms with Crippen molar-refractivity contribution in [2.45, 2.75) is 26.2 Å². The molecule has 0 radical (unpaired) electrons. The molecule has 1 amide bonds. The fourth-order valence-corrected chi connectivity index (χ4v) is 4.38. The van der Waals surface area contributed by atoms with Gasteiger partial charge in [0.05, 0.1) is 28.5 Å². The average Bonchev–Trinajstić information content (AvgIpc) is 3.24. The summed E-state index contributed by atoms with van der Waals surface area (Å²) in [4.78, 5) is 14.1. The number of nitrogens with one attached hydrogen (secondary N) is 1. The first-order valence-corrected chi connectivity index (χ1v) is 12.2. The molecule has 4 aromatic rings. The van der Waals surface area contributed by atoms with Crippen molar-refractivity contribution in [2.24, 2.45) is 0 Å². The van der Waals surface area contributed by atoms with Crippen molar-refractivity contribution in [2.75, 3.05) is 12.4 Å². The Morgan fingerprint density at radius 3 is 2.43 bits per heavy atom. The summed E-state index contributed by atoms with van der Waals surface area (Å²) in [5.74, 6) is 0.0361. The molecule has 0 spiro atoms. The van der Waals surface area contributed by atoms with E-state index in [1.807, 2.05) is 12.1 Å². The van der Waals surface area contributed by atoms with Gasteiger partial charge in [-0.15, -0.1) is 10.2 Å². The molecule has 0 fully saturated rings. The van der Waals surface area contributed by atoms with Gasteiger partial charge >= 0.3 is 0 Å². The number of methoxy groups -OCH3 is 1. The van der Waals surface area contributed by atoms with Crippen molar-refractivity contribution in [1.82, 2.24) is 15.0 Å². The highest BCUT2D eigenvalue weighted by Gasteiger charge is 2.12. The molecule has 1 heterocycles. The average molecular weight is 530 g/mol. The van der Waals surface area contributed by atoms with Crippen LogP contribution in [0.15, 0.2) is 54.6 Å². The zero-order valence-electron chi connectivity index (χ0n) is 19.2. The minimum Gasteiger partial charge on any atom is -0.495 e. The maximum atomic E-state index is 12.6. The Labute approximate surface area is 218 Å². The zero-order valence-corrected chi connectivity index (χ0v) is 21.5. The number of fused-ring (bicyclic) bond motifs is 1. The first-order chi connectivity index (χ1) is 16.9. The molecule has 1 N–H and O–H groups in total. The number of hydrogen-bond acceptors (Lipinski definition) is 4. The zero-order chi connectivity index (χ0) is 24.9. The number of carbonyl (C=O) groups excluding carboxylic acids is 1. The van der Waals surface area contributed by atoms with Crippen LogP contribution in [0, 0.1) is 0 Å². The molecule has 9 heteroatoms. The topological polar surface area (TPSA) is 69.0 Å². The first-order valence-electron chi connectivity index (χ1n) is 11.1. The van der Waals surface area contributed by atoms with Crippen molar-refractivity contribution in [3.8, 4) is 11.4 Å². The summed E-state index contributed by atoms with van der Waals surface area (Å²) in [5, 5.41) is 13.0. The van der Waals surface area contributed by atoms with E-state index in [9.17, 15) is 4.79 Å². The fourth-order valence-electron chi connectivity index (χ4n) is 3.59. The summed E-state index contributed by atoms with van der Waals surface area (Å²) in [5.41, 5.74) is 4.35. The molecule has 0 aliphatic heterocycles. The number of aryl methyl sites for hydroxylation is 1. The molecular formula is C26H23Cl3N4O2. The largest absolute Gasteiger partial charge is 0.495 e. The quantitative estimate of drug-likeness (QED) is 0.242. The third-order valence-corrected chi connectivity index (χ3v) is 6.18. The lowest BCUT2D eigenvalue weighted by atomic mass is 10.1. The van der Waals surface area contributed by atoms with Crippen LogP contribution in [0.5, 0.6) is 5.75 Å². The molecule has 6 nitrogen and oxygen atoms in total. The Bertz CT molecular complexity index is 1400. The maximum Gasteiger partial charge on any atom is 0.248 e. The second kappa shape index (κ2) is 11.1. The summed E-state index contributed by atoms with van der Waals surface area (Å²) in [6.07, 6.45) is 6.29. The molecule has 0 saturated heterocycles. The second-order valence-corrected chi connectivity index (χ2v) is 9.16. The molecule has 0 saturated carbocycles. The first kappa shape index (κ1) is 25.0. The van der Waals surface area contributed by atoms with Gasteiger partial charge in [-0.05, 0) is 60.9 Å². The van der Waals surface area contributed by atoms with Crippen molar-refractivity contribution in [1.29, 1.82) is 0 Å². The second-order valence-electron chi connectivity index (χ2n) is 7.91. The van der Waals surface area contributed by atoms with Crippen LogP contribution in [-0.4, -0.2) is 28.0 Å². The normalized spacial score (nSPS) is 11.3. The van der Waals surface area contributed by atoms with E-state index in [0.29, 0.717) is 43.1 Å². The van der Waals surface area contributed by atoms with Gasteiger partial charge in [-0.1, -0.05) is 60.3 Å². The predicted octanol–water partition coefficient (Wildman–Crippen LogP) is 7.38. The van der Waals surface area contributed by atoms with Gasteiger partial charge in [-0.3, -0.25) is 4.79 Å². The van der Waals surface area contributed by atoms with E-state index in [2.05, 4.69) is 34.6 Å². The molecule has 0 atom stereocenters. The van der Waals surface area contributed by atoms with Gasteiger partial charge in [0, 0.05) is 16.7 Å². The molecule has 0 bridgehead atoms. The van der Waals surface area contributed by atoms with Crippen LogP contribution in [0.2, 0.25) is 15.1 Å². The lowest BCUT2D eigenvalue weighted by Gasteiger charge is -2.08. The third kappa shape index (κ3) is 5.96. The highest BCUT2D eigenvalue weighted by atomic mass is 35.5. The van der Waals surface area contributed by atoms with E-state index in [-0.39, 0.29) is 5.91 Å². The number of aromatic nitrogens is 3. The molecule has 180 valence electrons. The van der Waals surface area contributed by atoms with Gasteiger partial charge in [0.2, 0.25) is 5.91 Å². The Morgan fingerprint density at radius 2 is 1.74 bits per heavy atom. The Hall–Kier alpha value is -3.06. The van der Waals surface area contributed by atoms with Crippen molar-refractivity contribution in [3.63, 3.8) is 0 Å². The number of amides is 1. The molecular weight excluding hydrogens is 507 g/mol. The lowest BCUT2D eigenvalue weighted by molar-refractivity contribution is -0.111. The number of rotatable bonds is 8. The van der Waals surface area contributed by atoms with E-state index in [1.165, 1.54) is 18.7 Å². The van der Waals surface area contributed by atoms with E-state index < -0.39 is 0 Å². The number of hydrogen-bond donors (Lipinski definition) is 1. The van der Waals surface area contributed by atoms with Gasteiger partial charge in [0.1, 0.15) is 16.8 Å². The van der Waals surface area contributed by atoms with Gasteiger partial charge in [0.25, 0.3) is 0 Å². The number of unbranched alkanes of at least 4 members (excludes halogenated alkanes) is 1. The van der Waals surface area contributed by atoms with Crippen LogP contribution >= 0.6 is 34.8 Å². The highest BCUT2D eigenvalue weighted by Crippen LogP contribution is 2.33. The predicted molar refractivity (Wildman–Crippen MR) is 143 cm³/mol. The Balaban J connectivity index is 1.53. The summed E-state index contributed by atoms with van der Waals surface area (Å²) < 4.78 is 5.30. The molecule has 0 aliphatic rings. The van der Waals surface area contributed by atoms with Crippen LogP contribution in [0.3, 0.4) is 0 Å². The van der Waals surface area contributed by atoms with E-state index in [0.717, 1.165) is 24.9 Å². The van der Waals surface area contributed by atoms with Crippen LogP contribution in [0.4, 0.5) is 5.69 Å². The molecule has 0 unspecified atom stereocenters. The molecule has 0 aliphatic carbocycles. The van der Waals surface area contributed by atoms with Crippen LogP contribution in [-0.2, 0) is 11.2 Å². The van der Waals surface area contributed by atoms with Crippen LogP contribution in [0.1, 0.15) is 30.9 Å². The number of nitrogens with zero attached hydrogens (tertiary/aromatic N) is 3. The van der Waals surface area contributed by atoms with Gasteiger partial charge in [-0.25, -0.2) is 0 Å². The van der Waals surface area contributed by atoms with E-state index >= 15 is 0 Å². The minimum absolute atomic E-state index is 0.351. The molecule has 35 heavy (non-hydrogen) atoms. The van der Waals surface area contributed by atoms with Crippen LogP contribution < -0.4 is 10.1 Å². The Kier molecular flexibility index (Phi) is 7.96. The number of carbonyl (C=O) groups is 1. The summed E-state index contributed by atoms with van der Waals surface area (Å²) >= 11 is 18.6. The standard InChI is InChI=1S/C26H23Cl3N4O2/c1-3-4-5-16-6-9-19(10-7-16)33-31-23-14-20(28)22(15-24(23)32-33)30-25(34)11-8-17-12-18(27)13-21(29)26(17)35-2/h6-15H,3-5H2,1-2H3,(H,30,34). The fraction of sp³-hybridized carbons (Fsp3) is 0.192. The van der Waals surface area contributed by atoms with Crippen molar-refractivity contribution < 1.29 is 9.53 Å². The smallest absolute Gasteiger partial charge is 0.248 e. The number of halogens is 3. The summed E-state index contributed by atoms with van der Waals surface area (Å²) in [6.45, 7) is 2.18. The third-order valence-electron chi connectivity index (χ3n) is 5.37. The van der Waals surface area contributed by atoms with Crippen molar-refractivity contribution >= 4 is 63.5 Å². The maximum absolute atomic E-state index is 12.6. The monoisotopic (exact) mass is 528 g/mol. The highest BCUT2D eigenvalue weighted by molar-refractivity contribution is 6.36. The molecule has 4 rings (SSSR count). The van der Waals surface area contributed by atoms with E-state index in [4.69, 9.17) is 39.5 Å². The van der Waals surface area contributed by atoms with Gasteiger partial charge < -0.3 is 10.1 Å². The lowest BCUT2D eigenvalue weighted by Crippen LogP contribution is -2.08. The SMILES string of the molecule is CCCCc1ccc(-n2nc3cc(Cl)c(NC(=O)C=Cc4cc(Cl)cc(Cl)c4OC)cc3n2)cc1.